The van der Waals surface area contributed by atoms with E-state index in [4.69, 9.17) is 9.47 Å². The first-order valence-electron chi connectivity index (χ1n) is 11.1. The first-order valence-corrected chi connectivity index (χ1v) is 11.1. The number of hydrogen-bond donors (Lipinski definition) is 0. The molecule has 3 aromatic rings. The predicted octanol–water partition coefficient (Wildman–Crippen LogP) is 5.77. The van der Waals surface area contributed by atoms with Gasteiger partial charge in [-0.2, -0.15) is 10.5 Å². The van der Waals surface area contributed by atoms with Crippen LogP contribution >= 0.6 is 0 Å². The van der Waals surface area contributed by atoms with Crippen molar-refractivity contribution in [2.24, 2.45) is 0 Å². The van der Waals surface area contributed by atoms with Crippen molar-refractivity contribution in [2.45, 2.75) is 39.5 Å². The van der Waals surface area contributed by atoms with Crippen LogP contribution in [0.25, 0.3) is 0 Å². The van der Waals surface area contributed by atoms with E-state index in [1.807, 2.05) is 36.4 Å². The van der Waals surface area contributed by atoms with Crippen molar-refractivity contribution in [3.05, 3.63) is 94.0 Å². The number of rotatable bonds is 8. The van der Waals surface area contributed by atoms with E-state index in [2.05, 4.69) is 13.8 Å². The van der Waals surface area contributed by atoms with E-state index in [0.29, 0.717) is 11.1 Å². The zero-order valence-electron chi connectivity index (χ0n) is 19.1. The number of ether oxygens (including phenoxy) is 2. The molecule has 0 saturated heterocycles. The molecule has 6 nitrogen and oxygen atoms in total. The Hall–Kier alpha value is -4.42. The zero-order chi connectivity index (χ0) is 24.5. The van der Waals surface area contributed by atoms with Crippen molar-refractivity contribution >= 4 is 11.9 Å². The molecule has 0 aliphatic heterocycles. The molecule has 34 heavy (non-hydrogen) atoms. The van der Waals surface area contributed by atoms with Crippen LogP contribution < -0.4 is 9.47 Å². The molecule has 0 spiro atoms. The molecule has 170 valence electrons. The highest BCUT2D eigenvalue weighted by atomic mass is 16.5. The number of nitrogens with zero attached hydrogens (tertiary/aromatic N) is 2. The average Bonchev–Trinajstić information content (AvgIpc) is 2.85. The van der Waals surface area contributed by atoms with Crippen LogP contribution in [0, 0.1) is 22.7 Å². The van der Waals surface area contributed by atoms with Crippen molar-refractivity contribution in [3.63, 3.8) is 0 Å². The Morgan fingerprint density at radius 1 is 0.647 bits per heavy atom. The lowest BCUT2D eigenvalue weighted by Crippen LogP contribution is -2.12. The number of carbonyl (C=O) groups excluding carboxylic acids is 2. The minimum Gasteiger partial charge on any atom is -0.421 e. The summed E-state index contributed by atoms with van der Waals surface area (Å²) in [4.78, 5) is 25.1. The van der Waals surface area contributed by atoms with Gasteiger partial charge in [0.2, 0.25) is 0 Å². The average molecular weight is 453 g/mol. The molecular weight excluding hydrogens is 428 g/mol. The first-order chi connectivity index (χ1) is 16.5. The molecular formula is C28H24N2O4. The van der Waals surface area contributed by atoms with Gasteiger partial charge in [-0.25, -0.2) is 9.59 Å². The normalized spacial score (nSPS) is 10.1. The molecule has 0 heterocycles. The number of benzene rings is 3. The van der Waals surface area contributed by atoms with Crippen LogP contribution in [0.4, 0.5) is 0 Å². The minimum absolute atomic E-state index is 0.0783. The van der Waals surface area contributed by atoms with E-state index in [0.717, 1.165) is 36.8 Å². The minimum atomic E-state index is -0.652. The second kappa shape index (κ2) is 11.4. The third-order valence-corrected chi connectivity index (χ3v) is 5.21. The third-order valence-electron chi connectivity index (χ3n) is 5.21. The molecule has 0 amide bonds. The van der Waals surface area contributed by atoms with Crippen LogP contribution in [-0.4, -0.2) is 11.9 Å². The lowest BCUT2D eigenvalue weighted by molar-refractivity contribution is 0.0718. The van der Waals surface area contributed by atoms with Crippen LogP contribution in [0.1, 0.15) is 69.7 Å². The van der Waals surface area contributed by atoms with Crippen LogP contribution in [0.15, 0.2) is 60.7 Å². The number of carbonyl (C=O) groups is 2. The lowest BCUT2D eigenvalue weighted by atomic mass is 10.1. The fourth-order valence-corrected chi connectivity index (χ4v) is 3.47. The Morgan fingerprint density at radius 3 is 1.29 bits per heavy atom. The second-order valence-electron chi connectivity index (χ2n) is 7.71. The molecule has 0 atom stereocenters. The number of nitriles is 2. The molecule has 0 fully saturated rings. The summed E-state index contributed by atoms with van der Waals surface area (Å²) in [6, 6.07) is 20.5. The van der Waals surface area contributed by atoms with Gasteiger partial charge in [-0.1, -0.05) is 51.0 Å². The molecule has 3 aromatic carbocycles. The second-order valence-corrected chi connectivity index (χ2v) is 7.71. The Balaban J connectivity index is 1.81. The molecule has 0 unspecified atom stereocenters. The van der Waals surface area contributed by atoms with Gasteiger partial charge in [-0.05, 0) is 60.4 Å². The van der Waals surface area contributed by atoms with Gasteiger partial charge in [0, 0.05) is 0 Å². The number of hydrogen-bond acceptors (Lipinski definition) is 6. The molecule has 6 heteroatoms. The number of esters is 2. The Labute approximate surface area is 199 Å². The van der Waals surface area contributed by atoms with Crippen LogP contribution in [0.2, 0.25) is 0 Å². The van der Waals surface area contributed by atoms with E-state index in [1.54, 1.807) is 24.3 Å². The van der Waals surface area contributed by atoms with E-state index >= 15 is 0 Å². The van der Waals surface area contributed by atoms with Crippen LogP contribution in [0.5, 0.6) is 11.5 Å². The summed E-state index contributed by atoms with van der Waals surface area (Å²) < 4.78 is 10.8. The molecule has 0 N–H and O–H groups in total. The summed E-state index contributed by atoms with van der Waals surface area (Å²) in [5.74, 6) is -1.46. The highest BCUT2D eigenvalue weighted by molar-refractivity contribution is 5.92. The van der Waals surface area contributed by atoms with Gasteiger partial charge in [0.05, 0.1) is 11.1 Å². The predicted molar refractivity (Wildman–Crippen MR) is 127 cm³/mol. The third kappa shape index (κ3) is 5.68. The fourth-order valence-electron chi connectivity index (χ4n) is 3.47. The number of aryl methyl sites for hydroxylation is 2. The zero-order valence-corrected chi connectivity index (χ0v) is 19.1. The van der Waals surface area contributed by atoms with Crippen molar-refractivity contribution in [1.29, 1.82) is 10.5 Å². The molecule has 0 bridgehead atoms. The van der Waals surface area contributed by atoms with Gasteiger partial charge in [-0.15, -0.1) is 0 Å². The van der Waals surface area contributed by atoms with E-state index in [9.17, 15) is 20.1 Å². The van der Waals surface area contributed by atoms with Gasteiger partial charge in [-0.3, -0.25) is 0 Å². The maximum atomic E-state index is 12.6. The standard InChI is InChI=1S/C28H24N2O4/c1-3-5-19-7-11-21(12-8-19)27(31)33-25-15-16-26(24(18-30)23(25)17-29)34-28(32)22-13-9-20(6-4-2)10-14-22/h7-16H,3-6H2,1-2H3. The summed E-state index contributed by atoms with van der Waals surface area (Å²) in [6.07, 6.45) is 3.80. The van der Waals surface area contributed by atoms with Crippen molar-refractivity contribution < 1.29 is 19.1 Å². The molecule has 3 rings (SSSR count). The van der Waals surface area contributed by atoms with Crippen LogP contribution in [-0.2, 0) is 12.8 Å². The summed E-state index contributed by atoms with van der Waals surface area (Å²) in [5.41, 5.74) is 2.50. The summed E-state index contributed by atoms with van der Waals surface area (Å²) in [7, 11) is 0. The molecule has 0 saturated carbocycles. The smallest absolute Gasteiger partial charge is 0.343 e. The van der Waals surface area contributed by atoms with Gasteiger partial charge in [0.1, 0.15) is 23.3 Å². The lowest BCUT2D eigenvalue weighted by Gasteiger charge is -2.11. The SMILES string of the molecule is CCCc1ccc(C(=O)Oc2ccc(OC(=O)c3ccc(CCC)cc3)c(C#N)c2C#N)cc1. The molecule has 0 aliphatic rings. The van der Waals surface area contributed by atoms with Crippen LogP contribution in [0.3, 0.4) is 0 Å². The maximum absolute atomic E-state index is 12.6. The van der Waals surface area contributed by atoms with E-state index < -0.39 is 11.9 Å². The Bertz CT molecular complexity index is 1160. The summed E-state index contributed by atoms with van der Waals surface area (Å²) in [6.45, 7) is 4.14. The molecule has 0 aromatic heterocycles. The highest BCUT2D eigenvalue weighted by Gasteiger charge is 2.21. The van der Waals surface area contributed by atoms with Crippen molar-refractivity contribution in [1.82, 2.24) is 0 Å². The first kappa shape index (κ1) is 24.2. The van der Waals surface area contributed by atoms with Crippen molar-refractivity contribution in [3.8, 4) is 23.6 Å². The fraction of sp³-hybridized carbons (Fsp3) is 0.214. The molecule has 0 aliphatic carbocycles. The molecule has 0 radical (unpaired) electrons. The Morgan fingerprint density at radius 2 is 1.00 bits per heavy atom. The van der Waals surface area contributed by atoms with Gasteiger partial charge in [0.25, 0.3) is 0 Å². The summed E-state index contributed by atoms with van der Waals surface area (Å²) >= 11 is 0. The van der Waals surface area contributed by atoms with E-state index in [-0.39, 0.29) is 22.6 Å². The van der Waals surface area contributed by atoms with Gasteiger partial charge >= 0.3 is 11.9 Å². The van der Waals surface area contributed by atoms with Crippen molar-refractivity contribution in [2.75, 3.05) is 0 Å². The quantitative estimate of drug-likeness (QED) is 0.317. The van der Waals surface area contributed by atoms with E-state index in [1.165, 1.54) is 12.1 Å². The topological polar surface area (TPSA) is 100 Å². The van der Waals surface area contributed by atoms with Gasteiger partial charge < -0.3 is 9.47 Å². The Kier molecular flexibility index (Phi) is 8.16. The summed E-state index contributed by atoms with van der Waals surface area (Å²) in [5, 5.41) is 19.3. The van der Waals surface area contributed by atoms with Gasteiger partial charge in [0.15, 0.2) is 11.5 Å². The highest BCUT2D eigenvalue weighted by Crippen LogP contribution is 2.31. The monoisotopic (exact) mass is 452 g/mol. The maximum Gasteiger partial charge on any atom is 0.343 e. The largest absolute Gasteiger partial charge is 0.421 e.